The summed E-state index contributed by atoms with van der Waals surface area (Å²) < 4.78 is 53.6. The first-order chi connectivity index (χ1) is 7.33. The molecule has 0 N–H and O–H groups in total. The molecule has 0 unspecified atom stereocenters. The lowest BCUT2D eigenvalue weighted by Gasteiger charge is -2.17. The van der Waals surface area contributed by atoms with Crippen LogP contribution in [0.25, 0.3) is 0 Å². The third kappa shape index (κ3) is 3.12. The van der Waals surface area contributed by atoms with Gasteiger partial charge in [0.2, 0.25) is 0 Å². The molecule has 1 nitrogen and oxygen atoms in total. The zero-order valence-corrected chi connectivity index (χ0v) is 8.94. The minimum absolute atomic E-state index is 0.209. The Kier molecular flexibility index (Phi) is 3.78. The van der Waals surface area contributed by atoms with E-state index >= 15 is 0 Å². The van der Waals surface area contributed by atoms with Gasteiger partial charge in [-0.2, -0.15) is 8.78 Å². The Morgan fingerprint density at radius 1 is 1.25 bits per heavy atom. The van der Waals surface area contributed by atoms with Crippen LogP contribution in [0.3, 0.4) is 0 Å². The average molecular weight is 236 g/mol. The van der Waals surface area contributed by atoms with E-state index in [9.17, 15) is 17.6 Å². The molecule has 0 fully saturated rings. The Morgan fingerprint density at radius 3 is 2.44 bits per heavy atom. The van der Waals surface area contributed by atoms with Gasteiger partial charge < -0.3 is 4.74 Å². The van der Waals surface area contributed by atoms with E-state index in [1.54, 1.807) is 26.0 Å². The maximum absolute atomic E-state index is 12.6. The minimum atomic E-state index is -4.11. The third-order valence-electron chi connectivity index (χ3n) is 2.08. The van der Waals surface area contributed by atoms with Crippen LogP contribution in [0, 0.1) is 13.8 Å². The predicted molar refractivity (Wildman–Crippen MR) is 52.4 cm³/mol. The van der Waals surface area contributed by atoms with Crippen molar-refractivity contribution in [3.8, 4) is 5.75 Å². The summed E-state index contributed by atoms with van der Waals surface area (Å²) in [6, 6.07) is 5.01. The molecule has 0 aliphatic carbocycles. The molecule has 0 aliphatic rings. The number of rotatable bonds is 4. The first-order valence-electron chi connectivity index (χ1n) is 4.69. The number of alkyl halides is 4. The van der Waals surface area contributed by atoms with Gasteiger partial charge in [0.15, 0.2) is 6.61 Å². The molecule has 16 heavy (non-hydrogen) atoms. The molecule has 1 aromatic rings. The topological polar surface area (TPSA) is 9.23 Å². The van der Waals surface area contributed by atoms with Crippen LogP contribution in [0.4, 0.5) is 17.6 Å². The van der Waals surface area contributed by atoms with Gasteiger partial charge in [-0.05, 0) is 31.0 Å². The fraction of sp³-hybridized carbons (Fsp3) is 0.455. The zero-order chi connectivity index (χ0) is 12.3. The van der Waals surface area contributed by atoms with Crippen LogP contribution in [0.15, 0.2) is 18.2 Å². The van der Waals surface area contributed by atoms with E-state index in [1.807, 2.05) is 0 Å². The lowest BCUT2D eigenvalue weighted by Crippen LogP contribution is -2.33. The average Bonchev–Trinajstić information content (AvgIpc) is 2.19. The van der Waals surface area contributed by atoms with Gasteiger partial charge in [0, 0.05) is 0 Å². The quantitative estimate of drug-likeness (QED) is 0.726. The highest BCUT2D eigenvalue weighted by Crippen LogP contribution is 2.26. The van der Waals surface area contributed by atoms with E-state index < -0.39 is 19.0 Å². The first-order valence-corrected chi connectivity index (χ1v) is 4.69. The molecule has 90 valence electrons. The molecule has 0 amide bonds. The van der Waals surface area contributed by atoms with Crippen molar-refractivity contribution in [3.05, 3.63) is 29.3 Å². The van der Waals surface area contributed by atoms with Crippen molar-refractivity contribution in [2.24, 2.45) is 0 Å². The van der Waals surface area contributed by atoms with Gasteiger partial charge in [0.1, 0.15) is 5.75 Å². The fourth-order valence-corrected chi connectivity index (χ4v) is 1.10. The van der Waals surface area contributed by atoms with Gasteiger partial charge in [0.25, 0.3) is 0 Å². The summed E-state index contributed by atoms with van der Waals surface area (Å²) >= 11 is 0. The van der Waals surface area contributed by atoms with Crippen molar-refractivity contribution < 1.29 is 22.3 Å². The maximum Gasteiger partial charge on any atom is 0.340 e. The minimum Gasteiger partial charge on any atom is -0.487 e. The normalized spacial score (nSPS) is 11.9. The first kappa shape index (κ1) is 12.8. The summed E-state index contributed by atoms with van der Waals surface area (Å²) in [5.41, 5.74) is 1.46. The molecule has 0 bridgehead atoms. The molecule has 5 heteroatoms. The molecule has 0 saturated carbocycles. The fourth-order valence-electron chi connectivity index (χ4n) is 1.10. The van der Waals surface area contributed by atoms with Crippen molar-refractivity contribution in [2.45, 2.75) is 26.2 Å². The highest BCUT2D eigenvalue weighted by molar-refractivity contribution is 5.35. The zero-order valence-electron chi connectivity index (χ0n) is 8.94. The van der Waals surface area contributed by atoms with Gasteiger partial charge >= 0.3 is 12.3 Å². The highest BCUT2D eigenvalue weighted by Gasteiger charge is 2.41. The van der Waals surface area contributed by atoms with Crippen molar-refractivity contribution in [3.63, 3.8) is 0 Å². The third-order valence-corrected chi connectivity index (χ3v) is 2.08. The van der Waals surface area contributed by atoms with E-state index in [0.29, 0.717) is 5.56 Å². The Morgan fingerprint density at radius 2 is 1.88 bits per heavy atom. The molecular formula is C11H12F4O. The number of hydrogen-bond donors (Lipinski definition) is 0. The van der Waals surface area contributed by atoms with Crippen LogP contribution < -0.4 is 4.74 Å². The molecule has 0 spiro atoms. The van der Waals surface area contributed by atoms with E-state index in [4.69, 9.17) is 4.74 Å². The SMILES string of the molecule is Cc1ccc(C)c(OCC(F)(F)C(F)F)c1. The predicted octanol–water partition coefficient (Wildman–Crippen LogP) is 3.58. The smallest absolute Gasteiger partial charge is 0.340 e. The van der Waals surface area contributed by atoms with Crippen molar-refractivity contribution in [1.82, 2.24) is 0 Å². The Labute approximate surface area is 91.0 Å². The molecule has 0 saturated heterocycles. The Bertz CT molecular complexity index is 363. The monoisotopic (exact) mass is 236 g/mol. The summed E-state index contributed by atoms with van der Waals surface area (Å²) in [5, 5.41) is 0. The van der Waals surface area contributed by atoms with Crippen LogP contribution in [-0.2, 0) is 0 Å². The lowest BCUT2D eigenvalue weighted by atomic mass is 10.1. The molecule has 1 aromatic carbocycles. The number of benzene rings is 1. The van der Waals surface area contributed by atoms with E-state index in [-0.39, 0.29) is 5.75 Å². The second kappa shape index (κ2) is 4.72. The van der Waals surface area contributed by atoms with Gasteiger partial charge in [-0.3, -0.25) is 0 Å². The Balaban J connectivity index is 2.71. The lowest BCUT2D eigenvalue weighted by molar-refractivity contribution is -0.148. The summed E-state index contributed by atoms with van der Waals surface area (Å²) in [6.07, 6.45) is -3.71. The van der Waals surface area contributed by atoms with E-state index in [0.717, 1.165) is 5.56 Å². The van der Waals surface area contributed by atoms with Gasteiger partial charge in [-0.1, -0.05) is 12.1 Å². The second-order valence-corrected chi connectivity index (χ2v) is 3.62. The largest absolute Gasteiger partial charge is 0.487 e. The van der Waals surface area contributed by atoms with Crippen molar-refractivity contribution >= 4 is 0 Å². The van der Waals surface area contributed by atoms with Crippen LogP contribution in [-0.4, -0.2) is 19.0 Å². The van der Waals surface area contributed by atoms with E-state index in [2.05, 4.69) is 0 Å². The maximum atomic E-state index is 12.6. The number of hydrogen-bond acceptors (Lipinski definition) is 1. The molecule has 1 rings (SSSR count). The van der Waals surface area contributed by atoms with E-state index in [1.165, 1.54) is 6.07 Å². The molecule has 0 aliphatic heterocycles. The number of ether oxygens (including phenoxy) is 1. The summed E-state index contributed by atoms with van der Waals surface area (Å²) in [6.45, 7) is 2.11. The molecule has 0 heterocycles. The summed E-state index contributed by atoms with van der Waals surface area (Å²) in [5.74, 6) is -3.91. The number of aryl methyl sites for hydroxylation is 2. The summed E-state index contributed by atoms with van der Waals surface area (Å²) in [7, 11) is 0. The standard InChI is InChI=1S/C11H12F4O/c1-7-3-4-8(2)9(5-7)16-6-11(14,15)10(12)13/h3-5,10H,6H2,1-2H3. The van der Waals surface area contributed by atoms with Crippen LogP contribution in [0.1, 0.15) is 11.1 Å². The van der Waals surface area contributed by atoms with Crippen molar-refractivity contribution in [1.29, 1.82) is 0 Å². The molecule has 0 radical (unpaired) electrons. The van der Waals surface area contributed by atoms with Gasteiger partial charge in [-0.25, -0.2) is 8.78 Å². The molecular weight excluding hydrogens is 224 g/mol. The Hall–Kier alpha value is -1.26. The van der Waals surface area contributed by atoms with Crippen LogP contribution in [0.2, 0.25) is 0 Å². The molecule has 0 atom stereocenters. The van der Waals surface area contributed by atoms with Crippen molar-refractivity contribution in [2.75, 3.05) is 6.61 Å². The van der Waals surface area contributed by atoms with Crippen LogP contribution >= 0.6 is 0 Å². The number of halogens is 4. The van der Waals surface area contributed by atoms with Crippen LogP contribution in [0.5, 0.6) is 5.75 Å². The van der Waals surface area contributed by atoms with Gasteiger partial charge in [-0.15, -0.1) is 0 Å². The molecule has 0 aromatic heterocycles. The van der Waals surface area contributed by atoms with Gasteiger partial charge in [0.05, 0.1) is 0 Å². The highest BCUT2D eigenvalue weighted by atomic mass is 19.3. The second-order valence-electron chi connectivity index (χ2n) is 3.62. The summed E-state index contributed by atoms with van der Waals surface area (Å²) in [4.78, 5) is 0.